The zero-order valence-corrected chi connectivity index (χ0v) is 7.75. The molecule has 1 rings (SSSR count). The molecule has 1 aliphatic rings. The highest BCUT2D eigenvalue weighted by molar-refractivity contribution is 5.42. The summed E-state index contributed by atoms with van der Waals surface area (Å²) < 4.78 is 3.16. The van der Waals surface area contributed by atoms with E-state index in [1.807, 2.05) is 0 Å². The average molecular weight is 154 g/mol. The normalized spacial score (nSPS) is 29.2. The summed E-state index contributed by atoms with van der Waals surface area (Å²) in [5, 5.41) is 0. The third kappa shape index (κ3) is 1.69. The molecule has 0 fully saturated rings. The second kappa shape index (κ2) is 3.18. The molecule has 1 unspecified atom stereocenters. The lowest BCUT2D eigenvalue weighted by molar-refractivity contribution is -0.787. The van der Waals surface area contributed by atoms with Crippen LogP contribution in [-0.2, 0) is 0 Å². The summed E-state index contributed by atoms with van der Waals surface area (Å²) in [6, 6.07) is 0. The maximum absolute atomic E-state index is 2.27. The molecule has 0 bridgehead atoms. The Balaban J connectivity index is 2.71. The van der Waals surface area contributed by atoms with Crippen molar-refractivity contribution < 1.29 is 9.06 Å². The van der Waals surface area contributed by atoms with Gasteiger partial charge in [-0.05, 0) is 13.3 Å². The second-order valence-electron chi connectivity index (χ2n) is 3.22. The van der Waals surface area contributed by atoms with Gasteiger partial charge in [-0.15, -0.1) is 0 Å². The first-order chi connectivity index (χ1) is 5.22. The fourth-order valence-electron chi connectivity index (χ4n) is 1.57. The van der Waals surface area contributed by atoms with Gasteiger partial charge in [0.25, 0.3) is 0 Å². The quantitative estimate of drug-likeness (QED) is 0.427. The van der Waals surface area contributed by atoms with E-state index in [4.69, 9.17) is 0 Å². The minimum atomic E-state index is 1.02. The molecule has 0 saturated heterocycles. The fourth-order valence-corrected chi connectivity index (χ4v) is 1.57. The van der Waals surface area contributed by atoms with Crippen molar-refractivity contribution in [3.8, 4) is 0 Å². The maximum atomic E-state index is 2.27. The minimum Gasteiger partial charge on any atom is -0.212 e. The van der Waals surface area contributed by atoms with Gasteiger partial charge in [0, 0.05) is 0 Å². The van der Waals surface area contributed by atoms with Crippen LogP contribution >= 0.6 is 0 Å². The Hall–Kier alpha value is -0.630. The third-order valence-electron chi connectivity index (χ3n) is 2.24. The highest BCUT2D eigenvalue weighted by Gasteiger charge is 2.28. The van der Waals surface area contributed by atoms with Crippen LogP contribution in [0.2, 0.25) is 0 Å². The molecule has 2 nitrogen and oxygen atoms in total. The van der Waals surface area contributed by atoms with Crippen LogP contribution in [-0.4, -0.2) is 35.5 Å². The van der Waals surface area contributed by atoms with E-state index in [2.05, 4.69) is 44.2 Å². The summed E-state index contributed by atoms with van der Waals surface area (Å²) in [5.74, 6) is 0. The standard InChI is InChI=1S/C9H18N2/c1-4-7-11(5-2)8-6-10(3)9-11/h6,8-9H,4-5,7H2,1-3H3/q+2. The number of rotatable bonds is 3. The lowest BCUT2D eigenvalue weighted by Crippen LogP contribution is -2.41. The summed E-state index contributed by atoms with van der Waals surface area (Å²) in [7, 11) is 2.09. The Labute approximate surface area is 69.0 Å². The first-order valence-corrected chi connectivity index (χ1v) is 4.36. The van der Waals surface area contributed by atoms with Crippen LogP contribution in [0.3, 0.4) is 0 Å². The lowest BCUT2D eigenvalue weighted by Gasteiger charge is -2.21. The molecule has 1 heterocycles. The van der Waals surface area contributed by atoms with Gasteiger partial charge in [0.2, 0.25) is 6.20 Å². The molecule has 0 spiro atoms. The predicted octanol–water partition coefficient (Wildman–Crippen LogP) is 1.39. The minimum absolute atomic E-state index is 1.02. The Bertz CT molecular complexity index is 194. The molecule has 62 valence electrons. The molecular formula is C9H18N2+2. The van der Waals surface area contributed by atoms with Crippen molar-refractivity contribution in [3.05, 3.63) is 12.4 Å². The Morgan fingerprint density at radius 3 is 2.45 bits per heavy atom. The van der Waals surface area contributed by atoms with Gasteiger partial charge in [0.05, 0.1) is 13.1 Å². The molecule has 0 aliphatic carbocycles. The molecule has 1 atom stereocenters. The van der Waals surface area contributed by atoms with Crippen molar-refractivity contribution in [2.45, 2.75) is 20.3 Å². The van der Waals surface area contributed by atoms with Gasteiger partial charge in [-0.2, -0.15) is 4.58 Å². The first kappa shape index (κ1) is 8.47. The van der Waals surface area contributed by atoms with Gasteiger partial charge in [0.1, 0.15) is 7.05 Å². The molecule has 0 N–H and O–H groups in total. The molecule has 0 saturated carbocycles. The monoisotopic (exact) mass is 154 g/mol. The van der Waals surface area contributed by atoms with E-state index >= 15 is 0 Å². The molecule has 0 aromatic carbocycles. The topological polar surface area (TPSA) is 3.01 Å². The number of hydrogen-bond acceptors (Lipinski definition) is 0. The fraction of sp³-hybridized carbons (Fsp3) is 0.667. The molecule has 2 heteroatoms. The van der Waals surface area contributed by atoms with Crippen molar-refractivity contribution >= 4 is 6.34 Å². The molecule has 0 aromatic heterocycles. The van der Waals surface area contributed by atoms with Crippen LogP contribution in [0.4, 0.5) is 0 Å². The van der Waals surface area contributed by atoms with Gasteiger partial charge < -0.3 is 0 Å². The van der Waals surface area contributed by atoms with Crippen molar-refractivity contribution in [1.82, 2.24) is 0 Å². The van der Waals surface area contributed by atoms with Crippen molar-refractivity contribution in [2.24, 2.45) is 0 Å². The number of nitrogens with zero attached hydrogens (tertiary/aromatic N) is 2. The predicted molar refractivity (Wildman–Crippen MR) is 47.3 cm³/mol. The van der Waals surface area contributed by atoms with E-state index in [1.54, 1.807) is 0 Å². The largest absolute Gasteiger partial charge is 0.336 e. The number of hydrogen-bond donors (Lipinski definition) is 0. The number of quaternary nitrogens is 1. The van der Waals surface area contributed by atoms with E-state index < -0.39 is 0 Å². The summed E-state index contributed by atoms with van der Waals surface area (Å²) in [4.78, 5) is 0. The summed E-state index contributed by atoms with van der Waals surface area (Å²) in [6.07, 6.45) is 7.91. The van der Waals surface area contributed by atoms with E-state index in [0.717, 1.165) is 11.0 Å². The maximum Gasteiger partial charge on any atom is 0.336 e. The van der Waals surface area contributed by atoms with Crippen molar-refractivity contribution in [1.29, 1.82) is 0 Å². The van der Waals surface area contributed by atoms with Gasteiger partial charge in [-0.25, -0.2) is 4.48 Å². The SMILES string of the molecule is CCC[N+]1(CC)C=C[N+](C)=C1. The van der Waals surface area contributed by atoms with E-state index in [1.165, 1.54) is 13.0 Å². The summed E-state index contributed by atoms with van der Waals surface area (Å²) >= 11 is 0. The van der Waals surface area contributed by atoms with Crippen LogP contribution in [0.15, 0.2) is 12.4 Å². The van der Waals surface area contributed by atoms with Gasteiger partial charge in [-0.3, -0.25) is 0 Å². The first-order valence-electron chi connectivity index (χ1n) is 4.36. The molecule has 0 amide bonds. The van der Waals surface area contributed by atoms with Crippen LogP contribution in [0.5, 0.6) is 0 Å². The second-order valence-corrected chi connectivity index (χ2v) is 3.22. The Morgan fingerprint density at radius 1 is 1.36 bits per heavy atom. The molecule has 1 aliphatic heterocycles. The molecular weight excluding hydrogens is 136 g/mol. The van der Waals surface area contributed by atoms with Crippen LogP contribution < -0.4 is 0 Å². The highest BCUT2D eigenvalue weighted by Crippen LogP contribution is 2.10. The van der Waals surface area contributed by atoms with E-state index in [9.17, 15) is 0 Å². The summed E-state index contributed by atoms with van der Waals surface area (Å²) in [6.45, 7) is 6.84. The molecule has 11 heavy (non-hydrogen) atoms. The molecule has 0 radical (unpaired) electrons. The van der Waals surface area contributed by atoms with Gasteiger partial charge >= 0.3 is 6.34 Å². The van der Waals surface area contributed by atoms with Crippen molar-refractivity contribution in [3.63, 3.8) is 0 Å². The Kier molecular flexibility index (Phi) is 2.45. The van der Waals surface area contributed by atoms with Crippen molar-refractivity contribution in [2.75, 3.05) is 20.1 Å². The van der Waals surface area contributed by atoms with Crippen LogP contribution in [0, 0.1) is 0 Å². The molecule has 0 aromatic rings. The van der Waals surface area contributed by atoms with Crippen LogP contribution in [0.1, 0.15) is 20.3 Å². The highest BCUT2D eigenvalue weighted by atomic mass is 15.4. The lowest BCUT2D eigenvalue weighted by atomic mass is 10.3. The van der Waals surface area contributed by atoms with Gasteiger partial charge in [-0.1, -0.05) is 6.92 Å². The zero-order valence-electron chi connectivity index (χ0n) is 7.75. The smallest absolute Gasteiger partial charge is 0.212 e. The van der Waals surface area contributed by atoms with E-state index in [-0.39, 0.29) is 0 Å². The zero-order chi connectivity index (χ0) is 8.32. The van der Waals surface area contributed by atoms with Crippen LogP contribution in [0.25, 0.3) is 0 Å². The van der Waals surface area contributed by atoms with E-state index in [0.29, 0.717) is 0 Å². The average Bonchev–Trinajstić information content (AvgIpc) is 2.34. The summed E-state index contributed by atoms with van der Waals surface area (Å²) in [5.41, 5.74) is 0. The Morgan fingerprint density at radius 2 is 2.09 bits per heavy atom. The third-order valence-corrected chi connectivity index (χ3v) is 2.24. The van der Waals surface area contributed by atoms with Gasteiger partial charge in [0.15, 0.2) is 6.20 Å².